The monoisotopic (exact) mass is 386 g/mol. The van der Waals surface area contributed by atoms with E-state index in [-0.39, 0.29) is 24.3 Å². The van der Waals surface area contributed by atoms with Crippen LogP contribution in [0.5, 0.6) is 0 Å². The number of halogens is 2. The first kappa shape index (κ1) is 14.8. The smallest absolute Gasteiger partial charge is 0.267 e. The molecule has 0 N–H and O–H groups in total. The number of ketones is 1. The molecule has 2 aromatic rings. The molecule has 0 saturated heterocycles. The molecule has 0 bridgehead atoms. The van der Waals surface area contributed by atoms with Crippen molar-refractivity contribution in [1.29, 1.82) is 0 Å². The molecular formula is C14H12FIN2O2. The fraction of sp³-hybridized carbons (Fsp3) is 0.214. The molecule has 6 heteroatoms. The summed E-state index contributed by atoms with van der Waals surface area (Å²) in [6.45, 7) is 1.57. The van der Waals surface area contributed by atoms with E-state index in [4.69, 9.17) is 0 Å². The van der Waals surface area contributed by atoms with Crippen molar-refractivity contribution in [3.8, 4) is 0 Å². The van der Waals surface area contributed by atoms with Crippen LogP contribution in [0.3, 0.4) is 0 Å². The number of Topliss-reactive ketones (excluding diaryl/α,β-unsaturated/α-hetero) is 1. The zero-order valence-electron chi connectivity index (χ0n) is 10.8. The van der Waals surface area contributed by atoms with Gasteiger partial charge in [0, 0.05) is 12.6 Å². The lowest BCUT2D eigenvalue weighted by molar-refractivity contribution is -0.119. The molecule has 0 fully saturated rings. The van der Waals surface area contributed by atoms with E-state index in [9.17, 15) is 14.0 Å². The van der Waals surface area contributed by atoms with Crippen molar-refractivity contribution < 1.29 is 9.18 Å². The number of benzene rings is 1. The lowest BCUT2D eigenvalue weighted by Gasteiger charge is -2.09. The summed E-state index contributed by atoms with van der Waals surface area (Å²) in [5.41, 5.74) is 0.0850. The van der Waals surface area contributed by atoms with Gasteiger partial charge >= 0.3 is 0 Å². The molecule has 1 aromatic heterocycles. The number of hydrogen-bond donors (Lipinski definition) is 0. The summed E-state index contributed by atoms with van der Waals surface area (Å²) in [4.78, 5) is 28.0. The Kier molecular flexibility index (Phi) is 4.64. The first-order valence-electron chi connectivity index (χ1n) is 5.96. The molecule has 0 unspecified atom stereocenters. The van der Waals surface area contributed by atoms with E-state index in [1.807, 2.05) is 22.6 Å². The highest BCUT2D eigenvalue weighted by atomic mass is 127. The van der Waals surface area contributed by atoms with Crippen LogP contribution < -0.4 is 5.56 Å². The van der Waals surface area contributed by atoms with Gasteiger partial charge in [-0.25, -0.2) is 9.37 Å². The molecule has 104 valence electrons. The van der Waals surface area contributed by atoms with E-state index < -0.39 is 5.82 Å². The first-order chi connectivity index (χ1) is 9.49. The normalized spacial score (nSPS) is 10.6. The minimum absolute atomic E-state index is 0.0377. The average molecular weight is 386 g/mol. The van der Waals surface area contributed by atoms with Gasteiger partial charge in [0.15, 0.2) is 5.78 Å². The van der Waals surface area contributed by atoms with E-state index in [1.54, 1.807) is 25.1 Å². The highest BCUT2D eigenvalue weighted by Gasteiger charge is 2.12. The molecule has 2 rings (SSSR count). The van der Waals surface area contributed by atoms with Gasteiger partial charge < -0.3 is 0 Å². The van der Waals surface area contributed by atoms with E-state index >= 15 is 0 Å². The van der Waals surface area contributed by atoms with Crippen LogP contribution in [0.15, 0.2) is 35.3 Å². The van der Waals surface area contributed by atoms with Crippen LogP contribution in [0, 0.1) is 16.3 Å². The van der Waals surface area contributed by atoms with Crippen molar-refractivity contribution in [3.05, 3.63) is 61.6 Å². The highest BCUT2D eigenvalue weighted by molar-refractivity contribution is 14.1. The van der Waals surface area contributed by atoms with Gasteiger partial charge in [-0.1, -0.05) is 18.2 Å². The van der Waals surface area contributed by atoms with Crippen LogP contribution in [0.1, 0.15) is 11.4 Å². The van der Waals surface area contributed by atoms with Crippen LogP contribution >= 0.6 is 22.6 Å². The highest BCUT2D eigenvalue weighted by Crippen LogP contribution is 2.08. The molecule has 1 heterocycles. The van der Waals surface area contributed by atoms with Crippen molar-refractivity contribution >= 4 is 28.4 Å². The van der Waals surface area contributed by atoms with Crippen LogP contribution in [0.4, 0.5) is 4.39 Å². The lowest BCUT2D eigenvalue weighted by Crippen LogP contribution is -2.29. The maximum Gasteiger partial charge on any atom is 0.267 e. The molecule has 0 atom stereocenters. The van der Waals surface area contributed by atoms with Gasteiger partial charge in [-0.15, -0.1) is 0 Å². The summed E-state index contributed by atoms with van der Waals surface area (Å²) < 4.78 is 15.2. The Labute approximate surface area is 128 Å². The Morgan fingerprint density at radius 1 is 1.40 bits per heavy atom. The summed E-state index contributed by atoms with van der Waals surface area (Å²) in [6, 6.07) is 6.13. The average Bonchev–Trinajstić information content (AvgIpc) is 2.42. The number of nitrogens with zero attached hydrogens (tertiary/aromatic N) is 2. The fourth-order valence-electron chi connectivity index (χ4n) is 1.82. The van der Waals surface area contributed by atoms with Crippen LogP contribution in [-0.2, 0) is 17.8 Å². The third kappa shape index (κ3) is 3.30. The first-order valence-corrected chi connectivity index (χ1v) is 7.04. The second-order valence-electron chi connectivity index (χ2n) is 4.35. The summed E-state index contributed by atoms with van der Waals surface area (Å²) in [7, 11) is 0. The molecule has 20 heavy (non-hydrogen) atoms. The third-order valence-electron chi connectivity index (χ3n) is 2.88. The Balaban J connectivity index is 2.19. The number of carbonyl (C=O) groups is 1. The molecule has 0 aliphatic rings. The quantitative estimate of drug-likeness (QED) is 0.757. The second-order valence-corrected chi connectivity index (χ2v) is 5.51. The zero-order chi connectivity index (χ0) is 14.7. The van der Waals surface area contributed by atoms with E-state index in [1.165, 1.54) is 16.8 Å². The Morgan fingerprint density at radius 2 is 2.10 bits per heavy atom. The van der Waals surface area contributed by atoms with Crippen molar-refractivity contribution in [2.45, 2.75) is 19.9 Å². The number of carbonyl (C=O) groups excluding carboxylic acids is 1. The predicted octanol–water partition coefficient (Wildman–Crippen LogP) is 2.11. The number of aromatic nitrogens is 2. The van der Waals surface area contributed by atoms with Gasteiger partial charge in [0.1, 0.15) is 11.6 Å². The molecule has 0 saturated carbocycles. The van der Waals surface area contributed by atoms with E-state index in [2.05, 4.69) is 4.98 Å². The third-order valence-corrected chi connectivity index (χ3v) is 3.62. The van der Waals surface area contributed by atoms with Crippen molar-refractivity contribution in [1.82, 2.24) is 9.55 Å². The van der Waals surface area contributed by atoms with Gasteiger partial charge in [0.05, 0.1) is 10.1 Å². The number of rotatable bonds is 4. The molecule has 0 spiro atoms. The predicted molar refractivity (Wildman–Crippen MR) is 81.1 cm³/mol. The SMILES string of the molecule is Cc1ncc(I)c(=O)n1CC(=O)Cc1ccccc1F. The minimum Gasteiger partial charge on any atom is -0.297 e. The standard InChI is InChI=1S/C14H12FIN2O2/c1-9-17-7-13(16)14(20)18(9)8-11(19)6-10-4-2-3-5-12(10)15/h2-5,7H,6,8H2,1H3. The molecular weight excluding hydrogens is 374 g/mol. The number of hydrogen-bond acceptors (Lipinski definition) is 3. The summed E-state index contributed by atoms with van der Waals surface area (Å²) >= 11 is 1.88. The van der Waals surface area contributed by atoms with Crippen molar-refractivity contribution in [3.63, 3.8) is 0 Å². The maximum absolute atomic E-state index is 13.5. The van der Waals surface area contributed by atoms with E-state index in [0.717, 1.165) is 0 Å². The van der Waals surface area contributed by atoms with Crippen LogP contribution in [0.25, 0.3) is 0 Å². The summed E-state index contributed by atoms with van der Waals surface area (Å²) in [5, 5.41) is 0. The molecule has 1 aromatic carbocycles. The Morgan fingerprint density at radius 3 is 2.80 bits per heavy atom. The molecule has 0 aliphatic carbocycles. The summed E-state index contributed by atoms with van der Waals surface area (Å²) in [5.74, 6) is -0.174. The topological polar surface area (TPSA) is 52.0 Å². The van der Waals surface area contributed by atoms with Gasteiger partial charge in [0.25, 0.3) is 5.56 Å². The second kappa shape index (κ2) is 6.25. The van der Waals surface area contributed by atoms with Crippen LogP contribution in [0.2, 0.25) is 0 Å². The zero-order valence-corrected chi connectivity index (χ0v) is 12.9. The van der Waals surface area contributed by atoms with Gasteiger partial charge in [0.2, 0.25) is 0 Å². The summed E-state index contributed by atoms with van der Waals surface area (Å²) in [6.07, 6.45) is 1.43. The molecule has 4 nitrogen and oxygen atoms in total. The Hall–Kier alpha value is -1.57. The number of aryl methyl sites for hydroxylation is 1. The van der Waals surface area contributed by atoms with Gasteiger partial charge in [-0.2, -0.15) is 0 Å². The van der Waals surface area contributed by atoms with Gasteiger partial charge in [-0.3, -0.25) is 14.2 Å². The lowest BCUT2D eigenvalue weighted by atomic mass is 10.1. The fourth-order valence-corrected chi connectivity index (χ4v) is 2.25. The van der Waals surface area contributed by atoms with Crippen molar-refractivity contribution in [2.75, 3.05) is 0 Å². The van der Waals surface area contributed by atoms with Crippen molar-refractivity contribution in [2.24, 2.45) is 0 Å². The molecule has 0 aliphatic heterocycles. The van der Waals surface area contributed by atoms with Gasteiger partial charge in [-0.05, 0) is 41.1 Å². The van der Waals surface area contributed by atoms with E-state index in [0.29, 0.717) is 15.0 Å². The molecule has 0 amide bonds. The molecule has 0 radical (unpaired) electrons. The van der Waals surface area contributed by atoms with Crippen LogP contribution in [-0.4, -0.2) is 15.3 Å². The minimum atomic E-state index is -0.411. The Bertz CT molecular complexity index is 713. The largest absolute Gasteiger partial charge is 0.297 e. The maximum atomic E-state index is 13.5.